The monoisotopic (exact) mass is 350 g/mol. The highest BCUT2D eigenvalue weighted by Gasteiger charge is 2.38. The first-order valence-corrected chi connectivity index (χ1v) is 8.39. The summed E-state index contributed by atoms with van der Waals surface area (Å²) in [7, 11) is 3.47. The summed E-state index contributed by atoms with van der Waals surface area (Å²) in [5, 5.41) is 2.93. The van der Waals surface area contributed by atoms with E-state index in [2.05, 4.69) is 15.2 Å². The summed E-state index contributed by atoms with van der Waals surface area (Å²) in [6.45, 7) is 1.94. The standard InChI is InChI=1S/C17H23FN4O3/c1-21(2)16(23)5-15-9-22-8-13(4-14(22)10-25-15)20-17(24)11-3-12(18)7-19-6-11/h3,6-7,13-15H,4-5,8-10H2,1-2H3,(H,20,24)/t13-,14+,15+/m1/s1. The number of hydrogen-bond donors (Lipinski definition) is 1. The molecule has 0 aromatic carbocycles. The van der Waals surface area contributed by atoms with Crippen LogP contribution >= 0.6 is 0 Å². The van der Waals surface area contributed by atoms with Crippen LogP contribution in [0.1, 0.15) is 23.2 Å². The molecule has 0 spiro atoms. The third-order valence-corrected chi connectivity index (χ3v) is 4.69. The van der Waals surface area contributed by atoms with Crippen molar-refractivity contribution < 1.29 is 18.7 Å². The molecule has 8 heteroatoms. The summed E-state index contributed by atoms with van der Waals surface area (Å²) in [4.78, 5) is 31.6. The Morgan fingerprint density at radius 3 is 2.92 bits per heavy atom. The first-order chi connectivity index (χ1) is 11.9. The lowest BCUT2D eigenvalue weighted by Crippen LogP contribution is -2.47. The minimum atomic E-state index is -0.529. The van der Waals surface area contributed by atoms with Crippen molar-refractivity contribution in [1.29, 1.82) is 0 Å². The van der Waals surface area contributed by atoms with Crippen molar-refractivity contribution in [1.82, 2.24) is 20.1 Å². The molecule has 0 bridgehead atoms. The molecule has 3 rings (SSSR count). The van der Waals surface area contributed by atoms with Crippen LogP contribution in [0.25, 0.3) is 0 Å². The number of fused-ring (bicyclic) bond motifs is 1. The maximum Gasteiger partial charge on any atom is 0.253 e. The molecule has 0 aliphatic carbocycles. The lowest BCUT2D eigenvalue weighted by molar-refractivity contribution is -0.134. The Bertz CT molecular complexity index is 655. The molecule has 2 aliphatic rings. The molecule has 1 N–H and O–H groups in total. The number of amides is 2. The highest BCUT2D eigenvalue weighted by Crippen LogP contribution is 2.24. The van der Waals surface area contributed by atoms with Crippen molar-refractivity contribution in [2.45, 2.75) is 31.0 Å². The van der Waals surface area contributed by atoms with E-state index in [0.29, 0.717) is 26.1 Å². The fraction of sp³-hybridized carbons (Fsp3) is 0.588. The lowest BCUT2D eigenvalue weighted by Gasteiger charge is -2.35. The van der Waals surface area contributed by atoms with Crippen molar-refractivity contribution in [2.24, 2.45) is 0 Å². The Morgan fingerprint density at radius 1 is 1.40 bits per heavy atom. The molecular weight excluding hydrogens is 327 g/mol. The molecule has 2 amide bonds. The van der Waals surface area contributed by atoms with Crippen molar-refractivity contribution in [3.05, 3.63) is 29.8 Å². The molecule has 1 aromatic rings. The van der Waals surface area contributed by atoms with Gasteiger partial charge in [0.2, 0.25) is 5.91 Å². The number of aromatic nitrogens is 1. The van der Waals surface area contributed by atoms with Crippen LogP contribution < -0.4 is 5.32 Å². The van der Waals surface area contributed by atoms with Crippen molar-refractivity contribution >= 4 is 11.8 Å². The first-order valence-electron chi connectivity index (χ1n) is 8.39. The Balaban J connectivity index is 1.53. The van der Waals surface area contributed by atoms with E-state index in [4.69, 9.17) is 4.74 Å². The van der Waals surface area contributed by atoms with Crippen LogP contribution in [0.3, 0.4) is 0 Å². The summed E-state index contributed by atoms with van der Waals surface area (Å²) in [6, 6.07) is 1.39. The fourth-order valence-electron chi connectivity index (χ4n) is 3.35. The van der Waals surface area contributed by atoms with Gasteiger partial charge in [-0.2, -0.15) is 0 Å². The molecule has 3 atom stereocenters. The van der Waals surface area contributed by atoms with Crippen molar-refractivity contribution in [3.63, 3.8) is 0 Å². The molecule has 136 valence electrons. The SMILES string of the molecule is CN(C)C(=O)C[C@H]1CN2C[C@H](NC(=O)c3cncc(F)c3)C[C@H]2CO1. The van der Waals surface area contributed by atoms with E-state index in [1.54, 1.807) is 19.0 Å². The minimum Gasteiger partial charge on any atom is -0.375 e. The minimum absolute atomic E-state index is 0.0207. The maximum atomic E-state index is 13.2. The van der Waals surface area contributed by atoms with Crippen LogP contribution in [0.5, 0.6) is 0 Å². The largest absolute Gasteiger partial charge is 0.375 e. The molecular formula is C17H23FN4O3. The van der Waals surface area contributed by atoms with E-state index in [-0.39, 0.29) is 35.6 Å². The molecule has 2 aliphatic heterocycles. The number of pyridine rings is 1. The number of carbonyl (C=O) groups excluding carboxylic acids is 2. The van der Waals surface area contributed by atoms with Gasteiger partial charge in [0, 0.05) is 45.5 Å². The van der Waals surface area contributed by atoms with Gasteiger partial charge in [0.25, 0.3) is 5.91 Å². The topological polar surface area (TPSA) is 74.8 Å². The number of halogens is 1. The Kier molecular flexibility index (Phi) is 5.29. The van der Waals surface area contributed by atoms with Gasteiger partial charge in [0.05, 0.1) is 30.9 Å². The van der Waals surface area contributed by atoms with E-state index in [0.717, 1.165) is 12.6 Å². The Hall–Kier alpha value is -2.06. The zero-order valence-corrected chi connectivity index (χ0v) is 14.4. The Labute approximate surface area is 146 Å². The second-order valence-electron chi connectivity index (χ2n) is 6.85. The quantitative estimate of drug-likeness (QED) is 0.844. The maximum absolute atomic E-state index is 13.2. The summed E-state index contributed by atoms with van der Waals surface area (Å²) < 4.78 is 19.0. The Morgan fingerprint density at radius 2 is 2.20 bits per heavy atom. The zero-order chi connectivity index (χ0) is 18.0. The smallest absolute Gasteiger partial charge is 0.253 e. The van der Waals surface area contributed by atoms with E-state index in [1.807, 2.05) is 0 Å². The second-order valence-corrected chi connectivity index (χ2v) is 6.85. The van der Waals surface area contributed by atoms with Crippen LogP contribution in [0.4, 0.5) is 4.39 Å². The summed E-state index contributed by atoms with van der Waals surface area (Å²) in [6.07, 6.45) is 3.45. The summed E-state index contributed by atoms with van der Waals surface area (Å²) in [5.74, 6) is -0.804. The van der Waals surface area contributed by atoms with Gasteiger partial charge in [-0.15, -0.1) is 0 Å². The third kappa shape index (κ3) is 4.32. The summed E-state index contributed by atoms with van der Waals surface area (Å²) in [5.41, 5.74) is 0.218. The van der Waals surface area contributed by atoms with Crippen LogP contribution in [0.2, 0.25) is 0 Å². The third-order valence-electron chi connectivity index (χ3n) is 4.69. The molecule has 0 unspecified atom stereocenters. The highest BCUT2D eigenvalue weighted by molar-refractivity contribution is 5.94. The number of nitrogens with zero attached hydrogens (tertiary/aromatic N) is 3. The van der Waals surface area contributed by atoms with E-state index in [9.17, 15) is 14.0 Å². The van der Waals surface area contributed by atoms with E-state index >= 15 is 0 Å². The predicted molar refractivity (Wildman–Crippen MR) is 88.5 cm³/mol. The fourth-order valence-corrected chi connectivity index (χ4v) is 3.35. The molecule has 7 nitrogen and oxygen atoms in total. The van der Waals surface area contributed by atoms with Crippen LogP contribution in [0.15, 0.2) is 18.5 Å². The van der Waals surface area contributed by atoms with Crippen LogP contribution in [0, 0.1) is 5.82 Å². The second kappa shape index (κ2) is 7.45. The van der Waals surface area contributed by atoms with Gasteiger partial charge in [0.15, 0.2) is 0 Å². The van der Waals surface area contributed by atoms with Crippen molar-refractivity contribution in [3.8, 4) is 0 Å². The average Bonchev–Trinajstić information content (AvgIpc) is 2.96. The molecule has 0 saturated carbocycles. The molecule has 2 fully saturated rings. The number of ether oxygens (including phenoxy) is 1. The molecule has 3 heterocycles. The van der Waals surface area contributed by atoms with Gasteiger partial charge < -0.3 is 15.0 Å². The zero-order valence-electron chi connectivity index (χ0n) is 14.4. The number of hydrogen-bond acceptors (Lipinski definition) is 5. The van der Waals surface area contributed by atoms with Crippen LogP contribution in [-0.4, -0.2) is 78.6 Å². The molecule has 25 heavy (non-hydrogen) atoms. The first kappa shape index (κ1) is 17.8. The normalized spacial score (nSPS) is 26.1. The number of carbonyl (C=O) groups is 2. The average molecular weight is 350 g/mol. The number of nitrogens with one attached hydrogen (secondary N) is 1. The predicted octanol–water partition coefficient (Wildman–Crippen LogP) is 0.271. The van der Waals surface area contributed by atoms with Gasteiger partial charge in [-0.3, -0.25) is 19.5 Å². The lowest BCUT2D eigenvalue weighted by atomic mass is 10.1. The number of morpholine rings is 1. The van der Waals surface area contributed by atoms with E-state index < -0.39 is 5.82 Å². The molecule has 1 aromatic heterocycles. The van der Waals surface area contributed by atoms with E-state index in [1.165, 1.54) is 12.3 Å². The van der Waals surface area contributed by atoms with Gasteiger partial charge in [-0.05, 0) is 12.5 Å². The van der Waals surface area contributed by atoms with Gasteiger partial charge in [-0.25, -0.2) is 4.39 Å². The van der Waals surface area contributed by atoms with Gasteiger partial charge >= 0.3 is 0 Å². The molecule has 0 radical (unpaired) electrons. The van der Waals surface area contributed by atoms with Gasteiger partial charge in [0.1, 0.15) is 5.82 Å². The molecule has 2 saturated heterocycles. The highest BCUT2D eigenvalue weighted by atomic mass is 19.1. The van der Waals surface area contributed by atoms with Gasteiger partial charge in [-0.1, -0.05) is 0 Å². The van der Waals surface area contributed by atoms with Crippen molar-refractivity contribution in [2.75, 3.05) is 33.8 Å². The number of rotatable bonds is 4. The summed E-state index contributed by atoms with van der Waals surface area (Å²) >= 11 is 0. The van der Waals surface area contributed by atoms with Crippen LogP contribution in [-0.2, 0) is 9.53 Å².